The van der Waals surface area contributed by atoms with Crippen LogP contribution in [0.25, 0.3) is 11.2 Å². The molecule has 1 aliphatic rings. The minimum atomic E-state index is -0.611. The van der Waals surface area contributed by atoms with Crippen LogP contribution in [-0.4, -0.2) is 36.8 Å². The first-order valence-corrected chi connectivity index (χ1v) is 7.30. The molecule has 4 N–H and O–H groups in total. The Bertz CT molecular complexity index is 745. The first kappa shape index (κ1) is 15.0. The molecule has 8 heteroatoms. The van der Waals surface area contributed by atoms with Gasteiger partial charge in [-0.3, -0.25) is 0 Å². The van der Waals surface area contributed by atoms with Crippen molar-refractivity contribution in [2.75, 3.05) is 5.73 Å². The Morgan fingerprint density at radius 2 is 2.23 bits per heavy atom. The number of ether oxygens (including phenoxy) is 1. The molecule has 3 heterocycles. The fourth-order valence-electron chi connectivity index (χ4n) is 2.88. The van der Waals surface area contributed by atoms with E-state index in [1.54, 1.807) is 0 Å². The van der Waals surface area contributed by atoms with Crippen LogP contribution >= 0.6 is 0 Å². The quantitative estimate of drug-likeness (QED) is 0.754. The molecule has 0 amide bonds. The van der Waals surface area contributed by atoms with Crippen LogP contribution in [0.5, 0.6) is 0 Å². The van der Waals surface area contributed by atoms with Crippen molar-refractivity contribution < 1.29 is 9.84 Å². The maximum absolute atomic E-state index is 12.2. The van der Waals surface area contributed by atoms with Gasteiger partial charge in [0.1, 0.15) is 18.1 Å². The van der Waals surface area contributed by atoms with Gasteiger partial charge in [-0.1, -0.05) is 20.8 Å². The van der Waals surface area contributed by atoms with E-state index in [9.17, 15) is 9.90 Å². The van der Waals surface area contributed by atoms with Crippen molar-refractivity contribution in [3.63, 3.8) is 0 Å². The summed E-state index contributed by atoms with van der Waals surface area (Å²) in [6.45, 7) is 6.26. The Kier molecular flexibility index (Phi) is 3.45. The van der Waals surface area contributed by atoms with Gasteiger partial charge >= 0.3 is 5.69 Å². The second kappa shape index (κ2) is 5.06. The molecule has 120 valence electrons. The molecule has 0 aliphatic carbocycles. The number of nitrogens with zero attached hydrogens (tertiary/aromatic N) is 3. The zero-order chi connectivity index (χ0) is 16.1. The van der Waals surface area contributed by atoms with Gasteiger partial charge in [-0.25, -0.2) is 19.3 Å². The molecule has 0 radical (unpaired) electrons. The molecule has 1 fully saturated rings. The van der Waals surface area contributed by atoms with Gasteiger partial charge < -0.3 is 20.6 Å². The number of fused-ring (bicyclic) bond motifs is 1. The fourth-order valence-corrected chi connectivity index (χ4v) is 2.88. The number of aromatic amines is 1. The van der Waals surface area contributed by atoms with Crippen LogP contribution in [-0.2, 0) is 4.74 Å². The number of nitrogens with two attached hydrogens (primary N) is 1. The zero-order valence-electron chi connectivity index (χ0n) is 12.9. The molecule has 22 heavy (non-hydrogen) atoms. The van der Waals surface area contributed by atoms with Crippen LogP contribution in [0.4, 0.5) is 5.82 Å². The number of H-pyrrole nitrogens is 1. The number of aliphatic hydroxyl groups excluding tert-OH is 1. The molecule has 3 rings (SSSR count). The van der Waals surface area contributed by atoms with Crippen LogP contribution in [0.15, 0.2) is 11.1 Å². The minimum Gasteiger partial charge on any atom is -0.390 e. The molecule has 0 aromatic carbocycles. The van der Waals surface area contributed by atoms with Gasteiger partial charge in [0.05, 0.1) is 12.2 Å². The molecule has 0 bridgehead atoms. The molecule has 1 aliphatic heterocycles. The summed E-state index contributed by atoms with van der Waals surface area (Å²) in [6, 6.07) is 0. The Labute approximate surface area is 127 Å². The zero-order valence-corrected chi connectivity index (χ0v) is 12.9. The van der Waals surface area contributed by atoms with Crippen LogP contribution in [0.2, 0.25) is 0 Å². The summed E-state index contributed by atoms with van der Waals surface area (Å²) in [5.74, 6) is 0.214. The molecule has 3 atom stereocenters. The number of nitrogens with one attached hydrogen (secondary N) is 1. The number of nitrogen functional groups attached to an aromatic ring is 1. The molecule has 1 unspecified atom stereocenters. The van der Waals surface area contributed by atoms with Crippen molar-refractivity contribution in [1.82, 2.24) is 19.5 Å². The summed E-state index contributed by atoms with van der Waals surface area (Å²) in [4.78, 5) is 22.8. The predicted octanol–water partition coefficient (Wildman–Crippen LogP) is 0.786. The summed E-state index contributed by atoms with van der Waals surface area (Å²) < 4.78 is 7.32. The lowest BCUT2D eigenvalue weighted by molar-refractivity contribution is -0.0364. The maximum atomic E-state index is 12.2. The predicted molar refractivity (Wildman–Crippen MR) is 81.2 cm³/mol. The van der Waals surface area contributed by atoms with Crippen molar-refractivity contribution in [3.8, 4) is 0 Å². The number of aliphatic hydroxyl groups is 1. The van der Waals surface area contributed by atoms with Crippen LogP contribution in [0, 0.1) is 5.41 Å². The number of hydrogen-bond acceptors (Lipinski definition) is 6. The van der Waals surface area contributed by atoms with Crippen molar-refractivity contribution in [2.24, 2.45) is 5.41 Å². The Balaban J connectivity index is 1.95. The first-order chi connectivity index (χ1) is 10.3. The Morgan fingerprint density at radius 1 is 1.50 bits per heavy atom. The second-order valence-electron chi connectivity index (χ2n) is 6.95. The van der Waals surface area contributed by atoms with E-state index in [0.29, 0.717) is 24.0 Å². The van der Waals surface area contributed by atoms with Crippen LogP contribution in [0.1, 0.15) is 39.8 Å². The number of aromatic nitrogens is 4. The third-order valence-electron chi connectivity index (χ3n) is 3.84. The lowest BCUT2D eigenvalue weighted by Crippen LogP contribution is -2.27. The molecule has 8 nitrogen and oxygen atoms in total. The standard InChI is InChI=1S/C14H21N5O3/c1-14(2,3)5-8-7(20)4-9(22-8)19-12-10(18-13(19)21)11(15)16-6-17-12/h6-9,20H,4-5H2,1-3H3,(H,18,21)(H2,15,16,17)/t7?,8-,9-/m1/s1. The van der Waals surface area contributed by atoms with E-state index in [1.807, 2.05) is 0 Å². The van der Waals surface area contributed by atoms with Gasteiger partial charge in [0.2, 0.25) is 0 Å². The number of anilines is 1. The minimum absolute atomic E-state index is 0.0261. The largest absolute Gasteiger partial charge is 0.390 e. The monoisotopic (exact) mass is 307 g/mol. The number of imidazole rings is 1. The van der Waals surface area contributed by atoms with Crippen molar-refractivity contribution >= 4 is 17.0 Å². The molecule has 2 aromatic heterocycles. The molecule has 2 aromatic rings. The van der Waals surface area contributed by atoms with Gasteiger partial charge in [-0.2, -0.15) is 0 Å². The highest BCUT2D eigenvalue weighted by atomic mass is 16.5. The fraction of sp³-hybridized carbons (Fsp3) is 0.643. The third-order valence-corrected chi connectivity index (χ3v) is 3.84. The van der Waals surface area contributed by atoms with E-state index in [-0.39, 0.29) is 23.0 Å². The maximum Gasteiger partial charge on any atom is 0.329 e. The molecule has 0 spiro atoms. The van der Waals surface area contributed by atoms with Gasteiger partial charge in [0.15, 0.2) is 11.5 Å². The number of hydrogen-bond donors (Lipinski definition) is 3. The van der Waals surface area contributed by atoms with Crippen molar-refractivity contribution in [1.29, 1.82) is 0 Å². The SMILES string of the molecule is CC(C)(C)C[C@H]1O[C@@H](n2c(=O)[nH]c3c(N)ncnc32)CC1O. The van der Waals surface area contributed by atoms with Gasteiger partial charge in [0.25, 0.3) is 0 Å². The topological polar surface area (TPSA) is 119 Å². The summed E-state index contributed by atoms with van der Waals surface area (Å²) in [5.41, 5.74) is 6.20. The van der Waals surface area contributed by atoms with E-state index >= 15 is 0 Å². The van der Waals surface area contributed by atoms with Gasteiger partial charge in [0, 0.05) is 6.42 Å². The van der Waals surface area contributed by atoms with E-state index in [2.05, 4.69) is 35.7 Å². The van der Waals surface area contributed by atoms with Gasteiger partial charge in [-0.05, 0) is 11.8 Å². The summed E-state index contributed by atoms with van der Waals surface area (Å²) in [6.07, 6.45) is 0.884. The normalized spacial score (nSPS) is 25.9. The van der Waals surface area contributed by atoms with E-state index in [1.165, 1.54) is 10.9 Å². The van der Waals surface area contributed by atoms with Gasteiger partial charge in [-0.15, -0.1) is 0 Å². The average molecular weight is 307 g/mol. The molecule has 1 saturated heterocycles. The highest BCUT2D eigenvalue weighted by Crippen LogP contribution is 2.35. The summed E-state index contributed by atoms with van der Waals surface area (Å²) >= 11 is 0. The smallest absolute Gasteiger partial charge is 0.329 e. The second-order valence-corrected chi connectivity index (χ2v) is 6.95. The first-order valence-electron chi connectivity index (χ1n) is 7.30. The lowest BCUT2D eigenvalue weighted by atomic mass is 9.87. The van der Waals surface area contributed by atoms with Crippen molar-refractivity contribution in [2.45, 2.75) is 52.0 Å². The lowest BCUT2D eigenvalue weighted by Gasteiger charge is -2.24. The van der Waals surface area contributed by atoms with Crippen LogP contribution in [0.3, 0.4) is 0 Å². The van der Waals surface area contributed by atoms with Crippen LogP contribution < -0.4 is 11.4 Å². The third kappa shape index (κ3) is 2.59. The molecular weight excluding hydrogens is 286 g/mol. The van der Waals surface area contributed by atoms with E-state index in [4.69, 9.17) is 10.5 Å². The average Bonchev–Trinajstić information content (AvgIpc) is 2.89. The van der Waals surface area contributed by atoms with E-state index in [0.717, 1.165) is 0 Å². The van der Waals surface area contributed by atoms with E-state index < -0.39 is 12.3 Å². The van der Waals surface area contributed by atoms with Crippen molar-refractivity contribution in [3.05, 3.63) is 16.8 Å². The molecule has 0 saturated carbocycles. The Morgan fingerprint density at radius 3 is 2.91 bits per heavy atom. The highest BCUT2D eigenvalue weighted by molar-refractivity contribution is 5.81. The summed E-state index contributed by atoms with van der Waals surface area (Å²) in [5, 5.41) is 10.2. The highest BCUT2D eigenvalue weighted by Gasteiger charge is 2.38. The summed E-state index contributed by atoms with van der Waals surface area (Å²) in [7, 11) is 0. The molecular formula is C14H21N5O3. The number of rotatable bonds is 2. The Hall–Kier alpha value is -1.93.